The number of nitrogens with one attached hydrogen (secondary N) is 1. The van der Waals surface area contributed by atoms with Gasteiger partial charge in [-0.05, 0) is 35.8 Å². The summed E-state index contributed by atoms with van der Waals surface area (Å²) in [5, 5.41) is 2.95. The second-order valence-electron chi connectivity index (χ2n) is 9.26. The number of fused-ring (bicyclic) bond motifs is 2. The van der Waals surface area contributed by atoms with Crippen LogP contribution < -0.4 is 5.32 Å². The first kappa shape index (κ1) is 25.9. The van der Waals surface area contributed by atoms with E-state index in [1.165, 1.54) is 6.08 Å². The summed E-state index contributed by atoms with van der Waals surface area (Å²) in [7, 11) is 0. The Kier molecular flexibility index (Phi) is 8.07. The van der Waals surface area contributed by atoms with Gasteiger partial charge in [-0.25, -0.2) is 14.8 Å². The number of anilines is 1. The lowest BCUT2D eigenvalue weighted by molar-refractivity contribution is -0.111. The first-order valence-electron chi connectivity index (χ1n) is 13.2. The van der Waals surface area contributed by atoms with Crippen LogP contribution in [-0.4, -0.2) is 33.0 Å². The summed E-state index contributed by atoms with van der Waals surface area (Å²) < 4.78 is 7.51. The molecule has 2 aromatic heterocycles. The number of amides is 1. The number of esters is 1. The summed E-state index contributed by atoms with van der Waals surface area (Å²) >= 11 is 0. The first-order valence-corrected chi connectivity index (χ1v) is 13.2. The standard InChI is InChI=1S/C32H30N4O3/c1-2-3-12-21-39-32(38)28-29-31(34-26-18-11-10-17-25(26)33-29)36(22-24-15-8-5-9-16-24)30(28)35-27(37)20-19-23-13-6-4-7-14-23/h4-11,13-20H,2-3,12,21-22H2,1H3,(H,35,37). The van der Waals surface area contributed by atoms with Crippen LogP contribution in [0.5, 0.6) is 0 Å². The lowest BCUT2D eigenvalue weighted by Gasteiger charge is -2.12. The molecule has 0 radical (unpaired) electrons. The molecule has 0 unspecified atom stereocenters. The Balaban J connectivity index is 1.63. The molecular formula is C32H30N4O3. The third kappa shape index (κ3) is 6.04. The number of rotatable bonds is 10. The van der Waals surface area contributed by atoms with Crippen molar-refractivity contribution in [2.75, 3.05) is 11.9 Å². The van der Waals surface area contributed by atoms with Gasteiger partial charge in [0.15, 0.2) is 5.65 Å². The summed E-state index contributed by atoms with van der Waals surface area (Å²) in [5.41, 5.74) is 4.33. The largest absolute Gasteiger partial charge is 0.462 e. The molecule has 0 aliphatic rings. The van der Waals surface area contributed by atoms with Crippen molar-refractivity contribution in [2.24, 2.45) is 0 Å². The van der Waals surface area contributed by atoms with Gasteiger partial charge in [-0.2, -0.15) is 0 Å². The average molecular weight is 519 g/mol. The highest BCUT2D eigenvalue weighted by Crippen LogP contribution is 2.31. The van der Waals surface area contributed by atoms with E-state index in [1.54, 1.807) is 6.08 Å². The lowest BCUT2D eigenvalue weighted by atomic mass is 10.2. The van der Waals surface area contributed by atoms with Crippen molar-refractivity contribution in [3.8, 4) is 0 Å². The van der Waals surface area contributed by atoms with Crippen LogP contribution in [-0.2, 0) is 16.1 Å². The Morgan fingerprint density at radius 3 is 2.26 bits per heavy atom. The molecule has 39 heavy (non-hydrogen) atoms. The Bertz CT molecular complexity index is 1630. The minimum absolute atomic E-state index is 0.206. The SMILES string of the molecule is CCCCCOC(=O)c1c(NC(=O)C=Cc2ccccc2)n(Cc2ccccc2)c2nc3ccccc3nc12. The van der Waals surface area contributed by atoms with Crippen LogP contribution in [0.1, 0.15) is 47.7 Å². The normalized spacial score (nSPS) is 11.3. The molecule has 3 aromatic carbocycles. The van der Waals surface area contributed by atoms with Crippen LogP contribution in [0.3, 0.4) is 0 Å². The van der Waals surface area contributed by atoms with Crippen LogP contribution in [0.4, 0.5) is 5.82 Å². The number of benzene rings is 3. The van der Waals surface area contributed by atoms with Gasteiger partial charge < -0.3 is 14.6 Å². The maximum absolute atomic E-state index is 13.5. The average Bonchev–Trinajstić information content (AvgIpc) is 3.25. The van der Waals surface area contributed by atoms with Crippen molar-refractivity contribution >= 4 is 46.0 Å². The second kappa shape index (κ2) is 12.2. The van der Waals surface area contributed by atoms with Crippen LogP contribution in [0.15, 0.2) is 91.0 Å². The molecular weight excluding hydrogens is 488 g/mol. The van der Waals surface area contributed by atoms with E-state index in [-0.39, 0.29) is 11.5 Å². The van der Waals surface area contributed by atoms with E-state index in [0.717, 1.165) is 30.4 Å². The van der Waals surface area contributed by atoms with Gasteiger partial charge in [0, 0.05) is 6.08 Å². The number of ether oxygens (including phenoxy) is 1. The van der Waals surface area contributed by atoms with Gasteiger partial charge in [0.05, 0.1) is 24.2 Å². The third-order valence-electron chi connectivity index (χ3n) is 6.39. The summed E-state index contributed by atoms with van der Waals surface area (Å²) in [6, 6.07) is 26.9. The fourth-order valence-electron chi connectivity index (χ4n) is 4.43. The molecule has 0 spiro atoms. The number of hydrogen-bond donors (Lipinski definition) is 1. The van der Waals surface area contributed by atoms with Crippen LogP contribution in [0, 0.1) is 0 Å². The predicted molar refractivity (Wildman–Crippen MR) is 154 cm³/mol. The molecule has 0 fully saturated rings. The quantitative estimate of drug-likeness (QED) is 0.127. The van der Waals surface area contributed by atoms with Crippen molar-refractivity contribution in [3.05, 3.63) is 108 Å². The highest BCUT2D eigenvalue weighted by molar-refractivity contribution is 6.13. The molecule has 0 bridgehead atoms. The zero-order chi connectivity index (χ0) is 27.0. The molecule has 1 amide bonds. The summed E-state index contributed by atoms with van der Waals surface area (Å²) in [6.45, 7) is 2.77. The Hall–Kier alpha value is -4.78. The van der Waals surface area contributed by atoms with Crippen LogP contribution in [0.25, 0.3) is 28.3 Å². The van der Waals surface area contributed by atoms with Gasteiger partial charge >= 0.3 is 5.97 Å². The van der Waals surface area contributed by atoms with Gasteiger partial charge in [-0.1, -0.05) is 92.6 Å². The van der Waals surface area contributed by atoms with Crippen molar-refractivity contribution in [2.45, 2.75) is 32.7 Å². The fraction of sp³-hybridized carbons (Fsp3) is 0.188. The minimum atomic E-state index is -0.533. The van der Waals surface area contributed by atoms with E-state index in [0.29, 0.717) is 41.2 Å². The highest BCUT2D eigenvalue weighted by atomic mass is 16.5. The van der Waals surface area contributed by atoms with E-state index < -0.39 is 5.97 Å². The van der Waals surface area contributed by atoms with E-state index in [1.807, 2.05) is 89.5 Å². The molecule has 7 nitrogen and oxygen atoms in total. The maximum atomic E-state index is 13.5. The van der Waals surface area contributed by atoms with Crippen molar-refractivity contribution in [1.82, 2.24) is 14.5 Å². The number of carbonyl (C=O) groups is 2. The second-order valence-corrected chi connectivity index (χ2v) is 9.26. The van der Waals surface area contributed by atoms with Crippen LogP contribution in [0.2, 0.25) is 0 Å². The molecule has 0 saturated carbocycles. The van der Waals surface area contributed by atoms with Crippen molar-refractivity contribution in [1.29, 1.82) is 0 Å². The lowest BCUT2D eigenvalue weighted by Crippen LogP contribution is -2.17. The number of unbranched alkanes of at least 4 members (excludes halogenated alkanes) is 2. The zero-order valence-corrected chi connectivity index (χ0v) is 21.8. The van der Waals surface area contributed by atoms with Crippen molar-refractivity contribution in [3.63, 3.8) is 0 Å². The maximum Gasteiger partial charge on any atom is 0.344 e. The van der Waals surface area contributed by atoms with E-state index >= 15 is 0 Å². The molecule has 0 saturated heterocycles. The first-order chi connectivity index (χ1) is 19.1. The number of hydrogen-bond acceptors (Lipinski definition) is 5. The monoisotopic (exact) mass is 518 g/mol. The zero-order valence-electron chi connectivity index (χ0n) is 21.8. The van der Waals surface area contributed by atoms with Gasteiger partial charge in [-0.3, -0.25) is 4.79 Å². The summed E-state index contributed by atoms with van der Waals surface area (Å²) in [4.78, 5) is 36.4. The Labute approximate surface area is 227 Å². The molecule has 5 rings (SSSR count). The molecule has 1 N–H and O–H groups in total. The summed E-state index contributed by atoms with van der Waals surface area (Å²) in [6.07, 6.45) is 5.92. The highest BCUT2D eigenvalue weighted by Gasteiger charge is 2.28. The number of carbonyl (C=O) groups excluding carboxylic acids is 2. The summed E-state index contributed by atoms with van der Waals surface area (Å²) in [5.74, 6) is -0.595. The molecule has 7 heteroatoms. The minimum Gasteiger partial charge on any atom is -0.462 e. The van der Waals surface area contributed by atoms with Crippen LogP contribution >= 0.6 is 0 Å². The van der Waals surface area contributed by atoms with Crippen molar-refractivity contribution < 1.29 is 14.3 Å². The molecule has 0 aliphatic carbocycles. The van der Waals surface area contributed by atoms with E-state index in [4.69, 9.17) is 14.7 Å². The Morgan fingerprint density at radius 2 is 1.54 bits per heavy atom. The Morgan fingerprint density at radius 1 is 0.872 bits per heavy atom. The molecule has 0 atom stereocenters. The number of para-hydroxylation sites is 2. The topological polar surface area (TPSA) is 86.1 Å². The molecule has 2 heterocycles. The van der Waals surface area contributed by atoms with Gasteiger partial charge in [0.1, 0.15) is 16.9 Å². The third-order valence-corrected chi connectivity index (χ3v) is 6.39. The van der Waals surface area contributed by atoms with E-state index in [9.17, 15) is 9.59 Å². The fourth-order valence-corrected chi connectivity index (χ4v) is 4.43. The van der Waals surface area contributed by atoms with E-state index in [2.05, 4.69) is 12.2 Å². The van der Waals surface area contributed by atoms with Gasteiger partial charge in [0.2, 0.25) is 5.91 Å². The predicted octanol–water partition coefficient (Wildman–Crippen LogP) is 6.63. The number of aromatic nitrogens is 3. The molecule has 196 valence electrons. The molecule has 5 aromatic rings. The number of nitrogens with zero attached hydrogens (tertiary/aromatic N) is 3. The van der Waals surface area contributed by atoms with Gasteiger partial charge in [-0.15, -0.1) is 0 Å². The smallest absolute Gasteiger partial charge is 0.344 e. The van der Waals surface area contributed by atoms with Gasteiger partial charge in [0.25, 0.3) is 0 Å². The molecule has 0 aliphatic heterocycles.